The lowest BCUT2D eigenvalue weighted by Gasteiger charge is -2.03. The van der Waals surface area contributed by atoms with E-state index in [1.165, 1.54) is 0 Å². The van der Waals surface area contributed by atoms with Crippen molar-refractivity contribution < 1.29 is 14.3 Å². The third kappa shape index (κ3) is 1.66. The van der Waals surface area contributed by atoms with Crippen LogP contribution in [0.5, 0.6) is 0 Å². The summed E-state index contributed by atoms with van der Waals surface area (Å²) < 4.78 is 5.00. The topological polar surface area (TPSA) is 43.4 Å². The minimum atomic E-state index is -0.586. The van der Waals surface area contributed by atoms with Crippen molar-refractivity contribution in [2.24, 2.45) is 11.8 Å². The van der Waals surface area contributed by atoms with Crippen LogP contribution in [0.15, 0.2) is 41.2 Å². The first-order valence-corrected chi connectivity index (χ1v) is 5.20. The molecule has 1 saturated heterocycles. The minimum Gasteiger partial charge on any atom is -0.426 e. The van der Waals surface area contributed by atoms with Crippen molar-refractivity contribution in [1.82, 2.24) is 0 Å². The summed E-state index contributed by atoms with van der Waals surface area (Å²) >= 11 is 0. The Morgan fingerprint density at radius 1 is 1.38 bits per heavy atom. The van der Waals surface area contributed by atoms with E-state index in [-0.39, 0.29) is 11.5 Å². The van der Waals surface area contributed by atoms with Gasteiger partial charge in [0.2, 0.25) is 0 Å². The molecule has 0 amide bonds. The molecule has 2 aliphatic rings. The van der Waals surface area contributed by atoms with Crippen LogP contribution in [0.4, 0.5) is 0 Å². The highest BCUT2D eigenvalue weighted by atomic mass is 16.5. The van der Waals surface area contributed by atoms with Crippen molar-refractivity contribution in [3.05, 3.63) is 41.2 Å². The first-order valence-electron chi connectivity index (χ1n) is 5.20. The van der Waals surface area contributed by atoms with Gasteiger partial charge in [0.1, 0.15) is 17.3 Å². The Morgan fingerprint density at radius 3 is 2.75 bits per heavy atom. The molecule has 16 heavy (non-hydrogen) atoms. The van der Waals surface area contributed by atoms with Crippen LogP contribution < -0.4 is 0 Å². The predicted molar refractivity (Wildman–Crippen MR) is 58.9 cm³/mol. The Morgan fingerprint density at radius 2 is 2.12 bits per heavy atom. The molecule has 0 aromatic rings. The fourth-order valence-corrected chi connectivity index (χ4v) is 1.75. The average Bonchev–Trinajstić information content (AvgIpc) is 2.42. The van der Waals surface area contributed by atoms with E-state index in [1.54, 1.807) is 12.0 Å². The smallest absolute Gasteiger partial charge is 0.351 e. The number of hydrogen-bond acceptors (Lipinski definition) is 3. The number of hydrogen-bond donors (Lipinski definition) is 0. The fourth-order valence-electron chi connectivity index (χ4n) is 1.75. The first-order chi connectivity index (χ1) is 7.63. The standard InChI is InChI=1S/C13H12O3/c1-8(2)9-3-5-10-11(7-14)13(15)16-12(10)6-4-9/h3-6,8,10H,1-2H3. The third-order valence-electron chi connectivity index (χ3n) is 2.75. The Labute approximate surface area is 93.8 Å². The van der Waals surface area contributed by atoms with Crippen molar-refractivity contribution in [2.45, 2.75) is 13.8 Å². The second kappa shape index (κ2) is 3.95. The summed E-state index contributed by atoms with van der Waals surface area (Å²) in [6, 6.07) is 0. The molecule has 3 nitrogen and oxygen atoms in total. The Balaban J connectivity index is 2.42. The largest absolute Gasteiger partial charge is 0.426 e. The fraction of sp³-hybridized carbons (Fsp3) is 0.308. The molecule has 1 aliphatic carbocycles. The zero-order chi connectivity index (χ0) is 11.7. The van der Waals surface area contributed by atoms with E-state index in [1.807, 2.05) is 18.2 Å². The maximum absolute atomic E-state index is 11.3. The van der Waals surface area contributed by atoms with E-state index in [0.717, 1.165) is 5.57 Å². The molecule has 0 N–H and O–H groups in total. The summed E-state index contributed by atoms with van der Waals surface area (Å²) in [5.41, 5.74) is 1.20. The molecular weight excluding hydrogens is 204 g/mol. The van der Waals surface area contributed by atoms with Gasteiger partial charge < -0.3 is 4.74 Å². The second-order valence-corrected chi connectivity index (χ2v) is 4.13. The summed E-state index contributed by atoms with van der Waals surface area (Å²) in [6.45, 7) is 4.16. The number of rotatable bonds is 1. The van der Waals surface area contributed by atoms with Gasteiger partial charge in [0, 0.05) is 0 Å². The van der Waals surface area contributed by atoms with Crippen molar-refractivity contribution in [3.63, 3.8) is 0 Å². The van der Waals surface area contributed by atoms with Gasteiger partial charge in [0.05, 0.1) is 5.92 Å². The molecule has 0 aromatic heterocycles. The molecule has 2 rings (SSSR count). The van der Waals surface area contributed by atoms with E-state index >= 15 is 0 Å². The van der Waals surface area contributed by atoms with Crippen LogP contribution >= 0.6 is 0 Å². The van der Waals surface area contributed by atoms with E-state index in [4.69, 9.17) is 4.74 Å². The Kier molecular flexibility index (Phi) is 2.63. The summed E-state index contributed by atoms with van der Waals surface area (Å²) in [4.78, 5) is 21.9. The SMILES string of the molecule is CC(C)C1=CC=C2OC(=O)C(=C=O)C2C=C1. The van der Waals surface area contributed by atoms with Crippen LogP contribution in [0.3, 0.4) is 0 Å². The lowest BCUT2D eigenvalue weighted by Crippen LogP contribution is -2.00. The van der Waals surface area contributed by atoms with E-state index in [0.29, 0.717) is 11.7 Å². The van der Waals surface area contributed by atoms with Gasteiger partial charge in [-0.05, 0) is 17.6 Å². The Bertz CT molecular complexity index is 471. The molecule has 1 atom stereocenters. The van der Waals surface area contributed by atoms with Gasteiger partial charge in [0.25, 0.3) is 0 Å². The van der Waals surface area contributed by atoms with Gasteiger partial charge in [-0.1, -0.05) is 32.1 Å². The van der Waals surface area contributed by atoms with Crippen molar-refractivity contribution in [2.75, 3.05) is 0 Å². The molecule has 0 radical (unpaired) electrons. The molecule has 1 fully saturated rings. The normalized spacial score (nSPS) is 23.3. The van der Waals surface area contributed by atoms with Crippen LogP contribution in [-0.2, 0) is 14.3 Å². The average molecular weight is 216 g/mol. The number of carbonyl (C=O) groups is 1. The highest BCUT2D eigenvalue weighted by Gasteiger charge is 2.35. The van der Waals surface area contributed by atoms with Gasteiger partial charge in [-0.3, -0.25) is 0 Å². The lowest BCUT2D eigenvalue weighted by molar-refractivity contribution is -0.132. The molecule has 1 aliphatic heterocycles. The molecule has 3 heteroatoms. The quantitative estimate of drug-likeness (QED) is 0.382. The van der Waals surface area contributed by atoms with Crippen molar-refractivity contribution in [1.29, 1.82) is 0 Å². The first kappa shape index (κ1) is 10.7. The second-order valence-electron chi connectivity index (χ2n) is 4.13. The molecule has 0 bridgehead atoms. The monoisotopic (exact) mass is 216 g/mol. The molecule has 1 unspecified atom stereocenters. The van der Waals surface area contributed by atoms with Gasteiger partial charge in [-0.25, -0.2) is 9.59 Å². The summed E-state index contributed by atoms with van der Waals surface area (Å²) in [5.74, 6) is 1.62. The van der Waals surface area contributed by atoms with Crippen LogP contribution in [0.1, 0.15) is 13.8 Å². The van der Waals surface area contributed by atoms with Crippen LogP contribution in [0.2, 0.25) is 0 Å². The summed E-state index contributed by atoms with van der Waals surface area (Å²) in [6.07, 6.45) is 7.41. The number of ether oxygens (including phenoxy) is 1. The van der Waals surface area contributed by atoms with Gasteiger partial charge in [-0.2, -0.15) is 0 Å². The number of allylic oxidation sites excluding steroid dienone is 5. The van der Waals surface area contributed by atoms with Crippen LogP contribution in [-0.4, -0.2) is 11.9 Å². The number of esters is 1. The predicted octanol–water partition coefficient (Wildman–Crippen LogP) is 1.95. The van der Waals surface area contributed by atoms with Crippen molar-refractivity contribution in [3.8, 4) is 0 Å². The summed E-state index contributed by atoms with van der Waals surface area (Å²) in [7, 11) is 0. The van der Waals surface area contributed by atoms with Gasteiger partial charge in [0.15, 0.2) is 0 Å². The van der Waals surface area contributed by atoms with Gasteiger partial charge in [-0.15, -0.1) is 0 Å². The highest BCUT2D eigenvalue weighted by molar-refractivity contribution is 6.01. The maximum Gasteiger partial charge on any atom is 0.351 e. The molecule has 1 heterocycles. The molecule has 0 spiro atoms. The molecule has 82 valence electrons. The number of fused-ring (bicyclic) bond motifs is 1. The van der Waals surface area contributed by atoms with Crippen LogP contribution in [0.25, 0.3) is 0 Å². The van der Waals surface area contributed by atoms with Crippen LogP contribution in [0, 0.1) is 11.8 Å². The molecule has 0 aromatic carbocycles. The summed E-state index contributed by atoms with van der Waals surface area (Å²) in [5, 5.41) is 0. The lowest BCUT2D eigenvalue weighted by atomic mass is 9.99. The Hall–Kier alpha value is -1.86. The zero-order valence-electron chi connectivity index (χ0n) is 9.19. The molecular formula is C13H12O3. The molecule has 0 saturated carbocycles. The maximum atomic E-state index is 11.3. The number of carbonyl (C=O) groups excluding carboxylic acids is 2. The van der Waals surface area contributed by atoms with Gasteiger partial charge >= 0.3 is 5.97 Å². The van der Waals surface area contributed by atoms with E-state index in [9.17, 15) is 9.59 Å². The van der Waals surface area contributed by atoms with E-state index in [2.05, 4.69) is 13.8 Å². The van der Waals surface area contributed by atoms with Crippen molar-refractivity contribution >= 4 is 11.9 Å². The minimum absolute atomic E-state index is 0.0564. The van der Waals surface area contributed by atoms with E-state index < -0.39 is 5.97 Å². The third-order valence-corrected chi connectivity index (χ3v) is 2.75. The zero-order valence-corrected chi connectivity index (χ0v) is 9.19. The highest BCUT2D eigenvalue weighted by Crippen LogP contribution is 2.33.